The predicted molar refractivity (Wildman–Crippen MR) is 80.7 cm³/mol. The number of ether oxygens (including phenoxy) is 1. The number of aromatic nitrogens is 4. The minimum Gasteiger partial charge on any atom is -0.467 e. The number of methoxy groups -OCH3 is 1. The molecule has 0 unspecified atom stereocenters. The molecule has 7 heteroatoms. The summed E-state index contributed by atoms with van der Waals surface area (Å²) in [6, 6.07) is 2.87. The maximum atomic E-state index is 6.06. The lowest BCUT2D eigenvalue weighted by Gasteiger charge is -2.09. The zero-order chi connectivity index (χ0) is 14.7. The first-order valence-corrected chi connectivity index (χ1v) is 7.48. The number of nitrogens with zero attached hydrogens (tertiary/aromatic N) is 4. The van der Waals surface area contributed by atoms with Gasteiger partial charge in [-0.2, -0.15) is 10.1 Å². The highest BCUT2D eigenvalue weighted by Gasteiger charge is 2.17. The van der Waals surface area contributed by atoms with Crippen LogP contribution < -0.4 is 10.1 Å². The molecule has 2 aromatic heterocycles. The van der Waals surface area contributed by atoms with E-state index in [2.05, 4.69) is 31.3 Å². The Morgan fingerprint density at radius 1 is 1.43 bits per heavy atom. The minimum absolute atomic E-state index is 0.290. The first kappa shape index (κ1) is 14.1. The third kappa shape index (κ3) is 3.26. The highest BCUT2D eigenvalue weighted by Crippen LogP contribution is 2.28. The van der Waals surface area contributed by atoms with Gasteiger partial charge in [0.1, 0.15) is 5.02 Å². The van der Waals surface area contributed by atoms with Gasteiger partial charge in [-0.3, -0.25) is 4.68 Å². The summed E-state index contributed by atoms with van der Waals surface area (Å²) in [6.07, 6.45) is 8.62. The molecule has 0 bridgehead atoms. The summed E-state index contributed by atoms with van der Waals surface area (Å²) in [7, 11) is 1.52. The van der Waals surface area contributed by atoms with Gasteiger partial charge in [0.05, 0.1) is 31.6 Å². The average molecular weight is 308 g/mol. The van der Waals surface area contributed by atoms with E-state index in [9.17, 15) is 0 Å². The summed E-state index contributed by atoms with van der Waals surface area (Å²) in [5.74, 6) is 0.555. The fraction of sp³-hybridized carbons (Fsp3) is 0.500. The summed E-state index contributed by atoms with van der Waals surface area (Å²) in [4.78, 5) is 8.12. The Labute approximate surface area is 128 Å². The molecule has 1 aliphatic carbocycles. The van der Waals surface area contributed by atoms with E-state index in [4.69, 9.17) is 16.3 Å². The Hall–Kier alpha value is -1.82. The topological polar surface area (TPSA) is 64.9 Å². The molecule has 1 N–H and O–H groups in total. The average Bonchev–Trinajstić information content (AvgIpc) is 3.17. The Bertz CT molecular complexity index is 609. The number of nitrogens with one attached hydrogen (secondary N) is 1. The van der Waals surface area contributed by atoms with Crippen molar-refractivity contribution in [3.63, 3.8) is 0 Å². The van der Waals surface area contributed by atoms with Crippen LogP contribution in [0, 0.1) is 0 Å². The van der Waals surface area contributed by atoms with Crippen molar-refractivity contribution in [1.82, 2.24) is 19.7 Å². The van der Waals surface area contributed by atoms with Crippen LogP contribution in [0.4, 0.5) is 5.82 Å². The first-order chi connectivity index (χ1) is 10.3. The van der Waals surface area contributed by atoms with Crippen LogP contribution in [0.3, 0.4) is 0 Å². The monoisotopic (exact) mass is 307 g/mol. The van der Waals surface area contributed by atoms with Crippen molar-refractivity contribution >= 4 is 17.4 Å². The van der Waals surface area contributed by atoms with E-state index in [1.807, 2.05) is 6.07 Å². The molecule has 1 saturated carbocycles. The second kappa shape index (κ2) is 6.30. The standard InChI is InChI=1S/C14H18ClN5O/c1-21-14-17-9-12(15)13(18-14)16-8-10-6-7-20(19-10)11-4-2-3-5-11/h6-7,9,11H,2-5,8H2,1H3,(H,16,17,18). The second-order valence-corrected chi connectivity index (χ2v) is 5.54. The molecule has 0 saturated heterocycles. The maximum Gasteiger partial charge on any atom is 0.318 e. The molecule has 112 valence electrons. The molecular weight excluding hydrogens is 290 g/mol. The number of rotatable bonds is 5. The molecule has 1 fully saturated rings. The van der Waals surface area contributed by atoms with Gasteiger partial charge in [0.2, 0.25) is 0 Å². The van der Waals surface area contributed by atoms with Crippen LogP contribution in [0.1, 0.15) is 37.4 Å². The fourth-order valence-corrected chi connectivity index (χ4v) is 2.75. The van der Waals surface area contributed by atoms with Gasteiger partial charge in [0, 0.05) is 6.20 Å². The van der Waals surface area contributed by atoms with Crippen LogP contribution in [0.15, 0.2) is 18.5 Å². The lowest BCUT2D eigenvalue weighted by Crippen LogP contribution is -2.08. The van der Waals surface area contributed by atoms with Crippen LogP contribution in [0.5, 0.6) is 6.01 Å². The summed E-state index contributed by atoms with van der Waals surface area (Å²) >= 11 is 6.06. The second-order valence-electron chi connectivity index (χ2n) is 5.13. The van der Waals surface area contributed by atoms with E-state index in [0.717, 1.165) is 5.69 Å². The van der Waals surface area contributed by atoms with Gasteiger partial charge in [0.15, 0.2) is 5.82 Å². The van der Waals surface area contributed by atoms with Gasteiger partial charge >= 0.3 is 6.01 Å². The predicted octanol–water partition coefficient (Wildman–Crippen LogP) is 3.06. The summed E-state index contributed by atoms with van der Waals surface area (Å²) in [5.41, 5.74) is 0.968. The Morgan fingerprint density at radius 3 is 3.00 bits per heavy atom. The van der Waals surface area contributed by atoms with E-state index < -0.39 is 0 Å². The van der Waals surface area contributed by atoms with E-state index in [-0.39, 0.29) is 0 Å². The summed E-state index contributed by atoms with van der Waals surface area (Å²) in [5, 5.41) is 8.25. The zero-order valence-electron chi connectivity index (χ0n) is 11.9. The van der Waals surface area contributed by atoms with E-state index in [1.54, 1.807) is 0 Å². The molecule has 21 heavy (non-hydrogen) atoms. The van der Waals surface area contributed by atoms with Gasteiger partial charge in [0.25, 0.3) is 0 Å². The molecule has 0 aromatic carbocycles. The molecule has 1 aliphatic rings. The summed E-state index contributed by atoms with van der Waals surface area (Å²) < 4.78 is 7.07. The Morgan fingerprint density at radius 2 is 2.24 bits per heavy atom. The van der Waals surface area contributed by atoms with E-state index in [1.165, 1.54) is 39.0 Å². The van der Waals surface area contributed by atoms with Crippen molar-refractivity contribution in [3.8, 4) is 6.01 Å². The third-order valence-corrected chi connectivity index (χ3v) is 3.98. The lowest BCUT2D eigenvalue weighted by molar-refractivity contribution is 0.380. The highest BCUT2D eigenvalue weighted by atomic mass is 35.5. The molecular formula is C14H18ClN5O. The molecule has 0 radical (unpaired) electrons. The maximum absolute atomic E-state index is 6.06. The number of anilines is 1. The number of halogens is 1. The highest BCUT2D eigenvalue weighted by molar-refractivity contribution is 6.32. The smallest absolute Gasteiger partial charge is 0.318 e. The van der Waals surface area contributed by atoms with Gasteiger partial charge < -0.3 is 10.1 Å². The first-order valence-electron chi connectivity index (χ1n) is 7.10. The van der Waals surface area contributed by atoms with Crippen LogP contribution >= 0.6 is 11.6 Å². The van der Waals surface area contributed by atoms with Crippen LogP contribution in [0.25, 0.3) is 0 Å². The number of hydrogen-bond donors (Lipinski definition) is 1. The molecule has 3 rings (SSSR count). The van der Waals surface area contributed by atoms with Crippen molar-refractivity contribution in [2.75, 3.05) is 12.4 Å². The van der Waals surface area contributed by atoms with Crippen LogP contribution in [-0.4, -0.2) is 26.9 Å². The molecule has 0 spiro atoms. The van der Waals surface area contributed by atoms with Crippen molar-refractivity contribution in [2.45, 2.75) is 38.3 Å². The normalized spacial score (nSPS) is 15.3. The van der Waals surface area contributed by atoms with Gasteiger partial charge in [-0.05, 0) is 18.9 Å². The zero-order valence-corrected chi connectivity index (χ0v) is 12.7. The van der Waals surface area contributed by atoms with Crippen molar-refractivity contribution in [2.24, 2.45) is 0 Å². The van der Waals surface area contributed by atoms with E-state index in [0.29, 0.717) is 29.4 Å². The van der Waals surface area contributed by atoms with Gasteiger partial charge in [-0.1, -0.05) is 24.4 Å². The van der Waals surface area contributed by atoms with Gasteiger partial charge in [-0.25, -0.2) is 4.98 Å². The Kier molecular flexibility index (Phi) is 4.24. The minimum atomic E-state index is 0.290. The lowest BCUT2D eigenvalue weighted by atomic mass is 10.3. The van der Waals surface area contributed by atoms with Gasteiger partial charge in [-0.15, -0.1) is 0 Å². The van der Waals surface area contributed by atoms with Crippen LogP contribution in [-0.2, 0) is 6.54 Å². The van der Waals surface area contributed by atoms with E-state index >= 15 is 0 Å². The fourth-order valence-electron chi connectivity index (χ4n) is 2.59. The molecule has 0 amide bonds. The quantitative estimate of drug-likeness (QED) is 0.919. The molecule has 0 aliphatic heterocycles. The molecule has 2 aromatic rings. The molecule has 6 nitrogen and oxygen atoms in total. The SMILES string of the molecule is COc1ncc(Cl)c(NCc2ccn(C3CCCC3)n2)n1. The van der Waals surface area contributed by atoms with Crippen molar-refractivity contribution in [1.29, 1.82) is 0 Å². The van der Waals surface area contributed by atoms with Crippen molar-refractivity contribution < 1.29 is 4.74 Å². The number of hydrogen-bond acceptors (Lipinski definition) is 5. The Balaban J connectivity index is 1.64. The third-order valence-electron chi connectivity index (χ3n) is 3.70. The van der Waals surface area contributed by atoms with Crippen LogP contribution in [0.2, 0.25) is 5.02 Å². The van der Waals surface area contributed by atoms with Crippen molar-refractivity contribution in [3.05, 3.63) is 29.2 Å². The summed E-state index contributed by atoms with van der Waals surface area (Å²) in [6.45, 7) is 0.569. The largest absolute Gasteiger partial charge is 0.467 e. The molecule has 2 heterocycles. The molecule has 0 atom stereocenters.